The summed E-state index contributed by atoms with van der Waals surface area (Å²) >= 11 is 0. The number of carbonyl (C=O) groups excluding carboxylic acids is 2. The van der Waals surface area contributed by atoms with E-state index in [2.05, 4.69) is 5.32 Å². The second kappa shape index (κ2) is 13.7. The fraction of sp³-hybridized carbons (Fsp3) is 0.905. The van der Waals surface area contributed by atoms with Crippen molar-refractivity contribution >= 4 is 11.7 Å². The Morgan fingerprint density at radius 1 is 0.853 bits per heavy atom. The largest absolute Gasteiger partial charge is 0.394 e. The molecule has 0 aromatic rings. The number of Topliss-reactive ketones (excluding diaryl/α,β-unsaturated/α-hetero) is 1. The first-order valence-corrected chi connectivity index (χ1v) is 11.4. The Morgan fingerprint density at radius 2 is 1.44 bits per heavy atom. The van der Waals surface area contributed by atoms with Crippen molar-refractivity contribution in [3.05, 3.63) is 0 Å². The second-order valence-electron chi connectivity index (χ2n) is 8.68. The summed E-state index contributed by atoms with van der Waals surface area (Å²) in [4.78, 5) is 23.6. The van der Waals surface area contributed by atoms with Gasteiger partial charge in [0.15, 0.2) is 18.4 Å². The lowest BCUT2D eigenvalue weighted by molar-refractivity contribution is -0.282. The molecule has 13 nitrogen and oxygen atoms in total. The zero-order valence-electron chi connectivity index (χ0n) is 19.4. The predicted molar refractivity (Wildman–Crippen MR) is 113 cm³/mol. The number of ether oxygens (including phenoxy) is 4. The number of hydrogen-bond donors (Lipinski definition) is 7. The van der Waals surface area contributed by atoms with Crippen molar-refractivity contribution in [3.63, 3.8) is 0 Å². The van der Waals surface area contributed by atoms with Crippen molar-refractivity contribution in [2.75, 3.05) is 26.4 Å². The van der Waals surface area contributed by atoms with E-state index in [0.717, 1.165) is 0 Å². The van der Waals surface area contributed by atoms with E-state index in [1.54, 1.807) is 6.92 Å². The van der Waals surface area contributed by atoms with Crippen molar-refractivity contribution in [2.24, 2.45) is 5.92 Å². The SMILES string of the molecule is CC(=O)NC1C(OCC(=O)CCCCOC2OC(CO)C(O)C(O)C2C)OC(CO)C(O)C1O. The quantitative estimate of drug-likeness (QED) is 0.134. The molecule has 2 saturated heterocycles. The first-order chi connectivity index (χ1) is 16.1. The maximum atomic E-state index is 12.2. The Morgan fingerprint density at radius 3 is 2.03 bits per heavy atom. The molecule has 0 bridgehead atoms. The highest BCUT2D eigenvalue weighted by Crippen LogP contribution is 2.27. The molecule has 13 heteroatoms. The van der Waals surface area contributed by atoms with Gasteiger partial charge in [-0.3, -0.25) is 9.59 Å². The Kier molecular flexibility index (Phi) is 11.7. The van der Waals surface area contributed by atoms with Crippen LogP contribution in [0.2, 0.25) is 0 Å². The van der Waals surface area contributed by atoms with Gasteiger partial charge in [0.1, 0.15) is 43.2 Å². The maximum absolute atomic E-state index is 12.2. The van der Waals surface area contributed by atoms with Gasteiger partial charge >= 0.3 is 0 Å². The average molecular weight is 496 g/mol. The molecule has 0 aromatic carbocycles. The molecule has 34 heavy (non-hydrogen) atoms. The molecule has 10 atom stereocenters. The minimum Gasteiger partial charge on any atom is -0.394 e. The van der Waals surface area contributed by atoms with Crippen LogP contribution in [0.3, 0.4) is 0 Å². The van der Waals surface area contributed by atoms with Gasteiger partial charge in [0.2, 0.25) is 5.91 Å². The first kappa shape index (κ1) is 29.0. The van der Waals surface area contributed by atoms with Crippen molar-refractivity contribution in [1.29, 1.82) is 0 Å². The van der Waals surface area contributed by atoms with E-state index in [0.29, 0.717) is 12.8 Å². The van der Waals surface area contributed by atoms with Crippen LogP contribution >= 0.6 is 0 Å². The van der Waals surface area contributed by atoms with Crippen LogP contribution < -0.4 is 5.32 Å². The molecule has 2 fully saturated rings. The Hall–Kier alpha value is -1.26. The highest BCUT2D eigenvalue weighted by Gasteiger charge is 2.45. The molecule has 0 aromatic heterocycles. The number of carbonyl (C=O) groups is 2. The van der Waals surface area contributed by atoms with Gasteiger partial charge in [-0.05, 0) is 12.8 Å². The second-order valence-corrected chi connectivity index (χ2v) is 8.68. The van der Waals surface area contributed by atoms with Crippen molar-refractivity contribution in [3.8, 4) is 0 Å². The Balaban J connectivity index is 1.72. The standard InChI is InChI=1S/C21H37NO12/c1-10-16(27)17(28)13(7-23)33-20(10)31-6-4-3-5-12(26)9-32-21-15(22-11(2)25)19(30)18(29)14(8-24)34-21/h10,13-21,23-24,27-30H,3-9H2,1-2H3,(H,22,25). The molecule has 10 unspecified atom stereocenters. The summed E-state index contributed by atoms with van der Waals surface area (Å²) in [6, 6.07) is -1.12. The van der Waals surface area contributed by atoms with Gasteiger partial charge in [-0.2, -0.15) is 0 Å². The minimum absolute atomic E-state index is 0.150. The Bertz CT molecular complexity index is 649. The molecular formula is C21H37NO12. The van der Waals surface area contributed by atoms with Gasteiger partial charge in [0, 0.05) is 25.9 Å². The van der Waals surface area contributed by atoms with E-state index in [4.69, 9.17) is 18.9 Å². The molecule has 1 amide bonds. The summed E-state index contributed by atoms with van der Waals surface area (Å²) in [6.45, 7) is 1.69. The van der Waals surface area contributed by atoms with Gasteiger partial charge in [-0.25, -0.2) is 0 Å². The molecule has 7 N–H and O–H groups in total. The lowest BCUT2D eigenvalue weighted by Gasteiger charge is -2.42. The van der Waals surface area contributed by atoms with Crippen molar-refractivity contribution in [1.82, 2.24) is 5.32 Å². The molecule has 0 radical (unpaired) electrons. The number of ketones is 1. The minimum atomic E-state index is -1.46. The third-order valence-electron chi connectivity index (χ3n) is 5.98. The van der Waals surface area contributed by atoms with Crippen LogP contribution in [0.5, 0.6) is 0 Å². The lowest BCUT2D eigenvalue weighted by Crippen LogP contribution is -2.64. The van der Waals surface area contributed by atoms with Gasteiger partial charge in [0.25, 0.3) is 0 Å². The van der Waals surface area contributed by atoms with E-state index in [1.165, 1.54) is 6.92 Å². The predicted octanol–water partition coefficient (Wildman–Crippen LogP) is -3.22. The molecule has 2 aliphatic heterocycles. The number of rotatable bonds is 12. The van der Waals surface area contributed by atoms with Crippen LogP contribution in [0, 0.1) is 5.92 Å². The molecule has 0 aliphatic carbocycles. The number of aliphatic hydroxyl groups excluding tert-OH is 6. The van der Waals surface area contributed by atoms with Gasteiger partial charge in [-0.1, -0.05) is 6.92 Å². The van der Waals surface area contributed by atoms with Crippen LogP contribution in [0.4, 0.5) is 0 Å². The number of aliphatic hydroxyl groups is 6. The fourth-order valence-corrected chi connectivity index (χ4v) is 3.89. The topological polar surface area (TPSA) is 204 Å². The third kappa shape index (κ3) is 7.62. The first-order valence-electron chi connectivity index (χ1n) is 11.4. The molecule has 198 valence electrons. The summed E-state index contributed by atoms with van der Waals surface area (Å²) in [7, 11) is 0. The van der Waals surface area contributed by atoms with E-state index in [1.807, 2.05) is 0 Å². The number of amides is 1. The molecule has 2 heterocycles. The van der Waals surface area contributed by atoms with E-state index in [9.17, 15) is 40.2 Å². The smallest absolute Gasteiger partial charge is 0.217 e. The van der Waals surface area contributed by atoms with Gasteiger partial charge in [0.05, 0.1) is 19.3 Å². The van der Waals surface area contributed by atoms with E-state index >= 15 is 0 Å². The summed E-state index contributed by atoms with van der Waals surface area (Å²) in [6.07, 6.45) is -8.20. The molecule has 2 aliphatic rings. The number of nitrogens with one attached hydrogen (secondary N) is 1. The lowest BCUT2D eigenvalue weighted by atomic mass is 9.92. The zero-order valence-corrected chi connectivity index (χ0v) is 19.4. The molecule has 2 rings (SSSR count). The summed E-state index contributed by atoms with van der Waals surface area (Å²) in [5, 5.41) is 61.1. The van der Waals surface area contributed by atoms with Gasteiger partial charge < -0.3 is 54.9 Å². The molecular weight excluding hydrogens is 458 g/mol. The Labute approximate surface area is 197 Å². The van der Waals surface area contributed by atoms with Crippen molar-refractivity contribution < 1.29 is 59.2 Å². The summed E-state index contributed by atoms with van der Waals surface area (Å²) in [5.74, 6) is -1.27. The summed E-state index contributed by atoms with van der Waals surface area (Å²) < 4.78 is 21.9. The number of hydrogen-bond acceptors (Lipinski definition) is 12. The highest BCUT2D eigenvalue weighted by molar-refractivity contribution is 5.79. The van der Waals surface area contributed by atoms with E-state index < -0.39 is 80.3 Å². The molecule has 0 spiro atoms. The zero-order chi connectivity index (χ0) is 25.4. The van der Waals surface area contributed by atoms with Crippen LogP contribution in [0.25, 0.3) is 0 Å². The maximum Gasteiger partial charge on any atom is 0.217 e. The fourth-order valence-electron chi connectivity index (χ4n) is 3.89. The highest BCUT2D eigenvalue weighted by atomic mass is 16.7. The van der Waals surface area contributed by atoms with E-state index in [-0.39, 0.29) is 25.4 Å². The summed E-state index contributed by atoms with van der Waals surface area (Å²) in [5.41, 5.74) is 0. The van der Waals surface area contributed by atoms with Gasteiger partial charge in [-0.15, -0.1) is 0 Å². The molecule has 0 saturated carbocycles. The average Bonchev–Trinajstić information content (AvgIpc) is 2.80. The monoisotopic (exact) mass is 495 g/mol. The van der Waals surface area contributed by atoms with Crippen LogP contribution in [0.15, 0.2) is 0 Å². The van der Waals surface area contributed by atoms with Crippen LogP contribution in [0.1, 0.15) is 33.1 Å². The van der Waals surface area contributed by atoms with Crippen LogP contribution in [-0.4, -0.2) is 124 Å². The third-order valence-corrected chi connectivity index (χ3v) is 5.98. The van der Waals surface area contributed by atoms with Crippen LogP contribution in [-0.2, 0) is 28.5 Å². The normalized spacial score (nSPS) is 38.5. The van der Waals surface area contributed by atoms with Crippen molar-refractivity contribution in [2.45, 2.75) is 88.4 Å². The number of unbranched alkanes of at least 4 members (excludes halogenated alkanes) is 1.